The van der Waals surface area contributed by atoms with E-state index in [-0.39, 0.29) is 5.92 Å². The fraction of sp³-hybridized carbons (Fsp3) is 0.500. The third-order valence-electron chi connectivity index (χ3n) is 4.17. The summed E-state index contributed by atoms with van der Waals surface area (Å²) in [6, 6.07) is 5.09. The van der Waals surface area contributed by atoms with Crippen molar-refractivity contribution in [2.24, 2.45) is 11.7 Å². The van der Waals surface area contributed by atoms with E-state index < -0.39 is 11.4 Å². The average molecular weight is 302 g/mol. The first-order valence-electron chi connectivity index (χ1n) is 6.41. The molecule has 19 heavy (non-hydrogen) atoms. The molecule has 1 saturated carbocycles. The van der Waals surface area contributed by atoms with Crippen LogP contribution in [0, 0.1) is 5.92 Å². The van der Waals surface area contributed by atoms with Crippen LogP contribution >= 0.6 is 23.2 Å². The first kappa shape index (κ1) is 14.6. The number of hydrogen-bond donors (Lipinski definition) is 2. The Balaban J connectivity index is 2.54. The fourth-order valence-electron chi connectivity index (χ4n) is 3.12. The van der Waals surface area contributed by atoms with Crippen LogP contribution in [0.2, 0.25) is 10.0 Å². The summed E-state index contributed by atoms with van der Waals surface area (Å²) in [5, 5.41) is 10.6. The first-order valence-corrected chi connectivity index (χ1v) is 7.17. The number of rotatable bonds is 3. The standard InChI is InChI=1S/C14H17Cl2NO2/c15-11-5-4-9(7-12(11)16)14(13(18)19)6-2-1-3-10(14)8-17/h4-5,7,10H,1-3,6,8,17H2,(H,18,19)/t10-,14+/m0/s1. The van der Waals surface area contributed by atoms with E-state index in [4.69, 9.17) is 28.9 Å². The zero-order chi connectivity index (χ0) is 14.0. The fourth-order valence-corrected chi connectivity index (χ4v) is 3.42. The highest BCUT2D eigenvalue weighted by Crippen LogP contribution is 2.45. The summed E-state index contributed by atoms with van der Waals surface area (Å²) in [6.45, 7) is 0.368. The predicted molar refractivity (Wildman–Crippen MR) is 76.8 cm³/mol. The van der Waals surface area contributed by atoms with E-state index in [2.05, 4.69) is 0 Å². The summed E-state index contributed by atoms with van der Waals surface area (Å²) in [6.07, 6.45) is 3.35. The van der Waals surface area contributed by atoms with E-state index in [1.54, 1.807) is 18.2 Å². The van der Waals surface area contributed by atoms with Gasteiger partial charge in [-0.15, -0.1) is 0 Å². The lowest BCUT2D eigenvalue weighted by Gasteiger charge is -2.41. The van der Waals surface area contributed by atoms with Crippen molar-refractivity contribution in [3.8, 4) is 0 Å². The van der Waals surface area contributed by atoms with Gasteiger partial charge < -0.3 is 10.8 Å². The Kier molecular flexibility index (Phi) is 4.39. The maximum Gasteiger partial charge on any atom is 0.314 e. The van der Waals surface area contributed by atoms with Crippen LogP contribution in [-0.2, 0) is 10.2 Å². The zero-order valence-electron chi connectivity index (χ0n) is 10.5. The van der Waals surface area contributed by atoms with E-state index in [9.17, 15) is 9.90 Å². The number of carboxylic acid groups (broad SMARTS) is 1. The number of carboxylic acids is 1. The number of hydrogen-bond acceptors (Lipinski definition) is 2. The van der Waals surface area contributed by atoms with E-state index >= 15 is 0 Å². The van der Waals surface area contributed by atoms with Crippen molar-refractivity contribution in [3.05, 3.63) is 33.8 Å². The maximum absolute atomic E-state index is 11.9. The lowest BCUT2D eigenvalue weighted by atomic mass is 9.62. The molecule has 1 fully saturated rings. The van der Waals surface area contributed by atoms with Crippen molar-refractivity contribution in [3.63, 3.8) is 0 Å². The molecule has 5 heteroatoms. The molecule has 0 unspecified atom stereocenters. The number of nitrogens with two attached hydrogens (primary N) is 1. The van der Waals surface area contributed by atoms with Gasteiger partial charge in [-0.3, -0.25) is 4.79 Å². The molecule has 0 aromatic heterocycles. The van der Waals surface area contributed by atoms with Gasteiger partial charge in [0.1, 0.15) is 0 Å². The van der Waals surface area contributed by atoms with Crippen LogP contribution in [0.25, 0.3) is 0 Å². The molecule has 0 aliphatic heterocycles. The third kappa shape index (κ3) is 2.47. The molecule has 1 aromatic rings. The molecule has 0 spiro atoms. The van der Waals surface area contributed by atoms with E-state index in [1.165, 1.54) is 0 Å². The molecule has 0 amide bonds. The lowest BCUT2D eigenvalue weighted by molar-refractivity contribution is -0.147. The van der Waals surface area contributed by atoms with Gasteiger partial charge in [-0.25, -0.2) is 0 Å². The second-order valence-electron chi connectivity index (χ2n) is 5.08. The molecule has 1 aliphatic carbocycles. The Morgan fingerprint density at radius 1 is 1.37 bits per heavy atom. The Labute approximate surface area is 122 Å². The Morgan fingerprint density at radius 3 is 2.68 bits per heavy atom. The van der Waals surface area contributed by atoms with Gasteiger partial charge in [0, 0.05) is 0 Å². The van der Waals surface area contributed by atoms with Crippen molar-refractivity contribution in [1.29, 1.82) is 0 Å². The molecule has 2 atom stereocenters. The van der Waals surface area contributed by atoms with Crippen LogP contribution in [0.5, 0.6) is 0 Å². The van der Waals surface area contributed by atoms with E-state index in [1.807, 2.05) is 0 Å². The molecule has 1 aliphatic rings. The predicted octanol–water partition coefficient (Wildman–Crippen LogP) is 3.46. The molecule has 0 saturated heterocycles. The summed E-state index contributed by atoms with van der Waals surface area (Å²) in [7, 11) is 0. The molecule has 1 aromatic carbocycles. The first-order chi connectivity index (χ1) is 9.02. The van der Waals surface area contributed by atoms with Crippen molar-refractivity contribution in [2.45, 2.75) is 31.1 Å². The van der Waals surface area contributed by atoms with Crippen LogP contribution in [0.3, 0.4) is 0 Å². The quantitative estimate of drug-likeness (QED) is 0.898. The van der Waals surface area contributed by atoms with Crippen molar-refractivity contribution in [2.75, 3.05) is 6.54 Å². The van der Waals surface area contributed by atoms with Crippen molar-refractivity contribution in [1.82, 2.24) is 0 Å². The normalized spacial score (nSPS) is 27.2. The zero-order valence-corrected chi connectivity index (χ0v) is 12.0. The van der Waals surface area contributed by atoms with Crippen LogP contribution < -0.4 is 5.73 Å². The summed E-state index contributed by atoms with van der Waals surface area (Å²) in [5.41, 5.74) is 5.58. The van der Waals surface area contributed by atoms with Crippen molar-refractivity contribution >= 4 is 29.2 Å². The second kappa shape index (κ2) is 5.70. The van der Waals surface area contributed by atoms with Crippen LogP contribution in [0.4, 0.5) is 0 Å². The van der Waals surface area contributed by atoms with E-state index in [0.717, 1.165) is 19.3 Å². The van der Waals surface area contributed by atoms with Gasteiger partial charge in [-0.2, -0.15) is 0 Å². The highest BCUT2D eigenvalue weighted by atomic mass is 35.5. The van der Waals surface area contributed by atoms with Gasteiger partial charge in [0.05, 0.1) is 15.5 Å². The summed E-state index contributed by atoms with van der Waals surface area (Å²) < 4.78 is 0. The van der Waals surface area contributed by atoms with E-state index in [0.29, 0.717) is 28.6 Å². The van der Waals surface area contributed by atoms with Gasteiger partial charge in [0.15, 0.2) is 0 Å². The SMILES string of the molecule is NC[C@@H]1CCCC[C@@]1(C(=O)O)c1ccc(Cl)c(Cl)c1. The van der Waals surface area contributed by atoms with Crippen LogP contribution in [-0.4, -0.2) is 17.6 Å². The molecule has 3 N–H and O–H groups in total. The summed E-state index contributed by atoms with van der Waals surface area (Å²) >= 11 is 11.9. The monoisotopic (exact) mass is 301 g/mol. The molecule has 0 radical (unpaired) electrons. The summed E-state index contributed by atoms with van der Waals surface area (Å²) in [4.78, 5) is 11.9. The third-order valence-corrected chi connectivity index (χ3v) is 4.91. The Hall–Kier alpha value is -0.770. The number of halogens is 2. The van der Waals surface area contributed by atoms with Gasteiger partial charge in [0.25, 0.3) is 0 Å². The maximum atomic E-state index is 11.9. The van der Waals surface area contributed by atoms with Gasteiger partial charge >= 0.3 is 5.97 Å². The number of benzene rings is 1. The minimum absolute atomic E-state index is 0.0593. The van der Waals surface area contributed by atoms with Gasteiger partial charge in [0.2, 0.25) is 0 Å². The van der Waals surface area contributed by atoms with Gasteiger partial charge in [-0.1, -0.05) is 42.1 Å². The largest absolute Gasteiger partial charge is 0.481 e. The topological polar surface area (TPSA) is 63.3 Å². The molecule has 2 rings (SSSR count). The molecule has 0 heterocycles. The van der Waals surface area contributed by atoms with Gasteiger partial charge in [-0.05, 0) is 43.0 Å². The molecule has 3 nitrogen and oxygen atoms in total. The smallest absolute Gasteiger partial charge is 0.314 e. The average Bonchev–Trinajstić information content (AvgIpc) is 2.41. The number of aliphatic carboxylic acids is 1. The highest BCUT2D eigenvalue weighted by molar-refractivity contribution is 6.42. The van der Waals surface area contributed by atoms with Crippen LogP contribution in [0.1, 0.15) is 31.2 Å². The minimum Gasteiger partial charge on any atom is -0.481 e. The van der Waals surface area contributed by atoms with Crippen molar-refractivity contribution < 1.29 is 9.90 Å². The summed E-state index contributed by atoms with van der Waals surface area (Å²) in [5.74, 6) is -0.878. The highest BCUT2D eigenvalue weighted by Gasteiger charge is 2.48. The Morgan fingerprint density at radius 2 is 2.11 bits per heavy atom. The minimum atomic E-state index is -0.929. The second-order valence-corrected chi connectivity index (χ2v) is 5.90. The van der Waals surface area contributed by atoms with Crippen LogP contribution in [0.15, 0.2) is 18.2 Å². The molecule has 104 valence electrons. The Bertz CT molecular complexity index is 492. The molecule has 0 bridgehead atoms. The lowest BCUT2D eigenvalue weighted by Crippen LogP contribution is -2.48. The number of carbonyl (C=O) groups is 1. The molecular formula is C14H17Cl2NO2. The molecular weight excluding hydrogens is 285 g/mol.